The predicted molar refractivity (Wildman–Crippen MR) is 69.4 cm³/mol. The average molecular weight is 286 g/mol. The Bertz CT molecular complexity index is 381. The van der Waals surface area contributed by atoms with E-state index < -0.39 is 5.91 Å². The first-order chi connectivity index (χ1) is 7.54. The molecule has 1 rings (SSSR count). The van der Waals surface area contributed by atoms with Crippen LogP contribution in [0.15, 0.2) is 22.7 Å². The van der Waals surface area contributed by atoms with Gasteiger partial charge in [0.15, 0.2) is 0 Å². The number of carbonyl (C=O) groups is 1. The average Bonchev–Trinajstić information content (AvgIpc) is 2.25. The van der Waals surface area contributed by atoms with Crippen molar-refractivity contribution in [3.8, 4) is 0 Å². The molecule has 0 bridgehead atoms. The molecular formula is C11H16BrN3O. The molecule has 0 spiro atoms. The van der Waals surface area contributed by atoms with Gasteiger partial charge in [-0.2, -0.15) is 0 Å². The number of halogens is 1. The first-order valence-electron chi connectivity index (χ1n) is 5.13. The third-order valence-electron chi connectivity index (χ3n) is 2.33. The van der Waals surface area contributed by atoms with Crippen molar-refractivity contribution in [1.82, 2.24) is 0 Å². The topological polar surface area (TPSA) is 81.1 Å². The largest absolute Gasteiger partial charge is 0.383 e. The monoisotopic (exact) mass is 285 g/mol. The van der Waals surface area contributed by atoms with Gasteiger partial charge in [0.25, 0.3) is 0 Å². The molecule has 0 heterocycles. The van der Waals surface area contributed by atoms with Crippen molar-refractivity contribution in [1.29, 1.82) is 0 Å². The normalized spacial score (nSPS) is 12.2. The summed E-state index contributed by atoms with van der Waals surface area (Å²) in [4.78, 5) is 11.0. The van der Waals surface area contributed by atoms with Crippen molar-refractivity contribution in [2.24, 2.45) is 11.5 Å². The van der Waals surface area contributed by atoms with Crippen LogP contribution in [0.25, 0.3) is 0 Å². The second kappa shape index (κ2) is 5.86. The third kappa shape index (κ3) is 3.50. The molecular weight excluding hydrogens is 270 g/mol. The maximum Gasteiger partial charge on any atom is 0.249 e. The number of benzene rings is 1. The highest BCUT2D eigenvalue weighted by atomic mass is 79.9. The van der Waals surface area contributed by atoms with Gasteiger partial charge in [-0.25, -0.2) is 0 Å². The lowest BCUT2D eigenvalue weighted by Crippen LogP contribution is -2.28. The lowest BCUT2D eigenvalue weighted by Gasteiger charge is -2.12. The summed E-state index contributed by atoms with van der Waals surface area (Å²) in [6.07, 6.45) is 0.924. The molecule has 0 saturated carbocycles. The fourth-order valence-electron chi connectivity index (χ4n) is 1.22. The number of hydrogen-bond donors (Lipinski definition) is 3. The maximum atomic E-state index is 11.0. The standard InChI is InChI=1S/C11H16BrN3O/c1-2-7(13)6-15-8-3-4-9(11(14)16)10(12)5-8/h3-5,7,15H,2,6,13H2,1H3,(H2,14,16). The zero-order valence-electron chi connectivity index (χ0n) is 9.16. The van der Waals surface area contributed by atoms with Gasteiger partial charge in [0.1, 0.15) is 0 Å². The van der Waals surface area contributed by atoms with Gasteiger partial charge in [-0.3, -0.25) is 4.79 Å². The highest BCUT2D eigenvalue weighted by molar-refractivity contribution is 9.10. The molecule has 0 radical (unpaired) electrons. The molecule has 0 aromatic heterocycles. The van der Waals surface area contributed by atoms with E-state index in [2.05, 4.69) is 21.2 Å². The Labute approximate surface area is 104 Å². The Kier molecular flexibility index (Phi) is 4.76. The van der Waals surface area contributed by atoms with Gasteiger partial charge in [0.05, 0.1) is 5.56 Å². The first-order valence-corrected chi connectivity index (χ1v) is 5.92. The molecule has 1 amide bonds. The molecule has 4 nitrogen and oxygen atoms in total. The van der Waals surface area contributed by atoms with E-state index in [0.717, 1.165) is 12.1 Å². The van der Waals surface area contributed by atoms with E-state index in [1.807, 2.05) is 19.1 Å². The first kappa shape index (κ1) is 13.0. The number of anilines is 1. The molecule has 5 heteroatoms. The second-order valence-electron chi connectivity index (χ2n) is 3.61. The molecule has 5 N–H and O–H groups in total. The number of carbonyl (C=O) groups excluding carboxylic acids is 1. The van der Waals surface area contributed by atoms with Crippen LogP contribution in [-0.4, -0.2) is 18.5 Å². The van der Waals surface area contributed by atoms with E-state index in [9.17, 15) is 4.79 Å². The third-order valence-corrected chi connectivity index (χ3v) is 2.98. The van der Waals surface area contributed by atoms with Crippen LogP contribution in [0.4, 0.5) is 5.69 Å². The van der Waals surface area contributed by atoms with E-state index in [4.69, 9.17) is 11.5 Å². The van der Waals surface area contributed by atoms with Crippen LogP contribution in [0.2, 0.25) is 0 Å². The minimum Gasteiger partial charge on any atom is -0.383 e. The summed E-state index contributed by atoms with van der Waals surface area (Å²) in [5, 5.41) is 3.20. The SMILES string of the molecule is CCC(N)CNc1ccc(C(N)=O)c(Br)c1. The van der Waals surface area contributed by atoms with Gasteiger partial charge < -0.3 is 16.8 Å². The molecule has 0 saturated heterocycles. The molecule has 16 heavy (non-hydrogen) atoms. The summed E-state index contributed by atoms with van der Waals surface area (Å²) in [5.74, 6) is -0.441. The molecule has 1 aromatic rings. The Hall–Kier alpha value is -1.07. The number of primary amides is 1. The number of hydrogen-bond acceptors (Lipinski definition) is 3. The molecule has 1 unspecified atom stereocenters. The van der Waals surface area contributed by atoms with E-state index in [0.29, 0.717) is 16.6 Å². The zero-order valence-corrected chi connectivity index (χ0v) is 10.8. The van der Waals surface area contributed by atoms with Gasteiger partial charge in [-0.1, -0.05) is 6.92 Å². The fourth-order valence-corrected chi connectivity index (χ4v) is 1.79. The quantitative estimate of drug-likeness (QED) is 0.770. The molecule has 0 fully saturated rings. The van der Waals surface area contributed by atoms with Crippen LogP contribution in [0.1, 0.15) is 23.7 Å². The molecule has 0 aliphatic carbocycles. The number of amides is 1. The number of rotatable bonds is 5. The van der Waals surface area contributed by atoms with Crippen LogP contribution in [-0.2, 0) is 0 Å². The second-order valence-corrected chi connectivity index (χ2v) is 4.46. The summed E-state index contributed by atoms with van der Waals surface area (Å²) in [6, 6.07) is 5.46. The van der Waals surface area contributed by atoms with Crippen molar-refractivity contribution in [2.45, 2.75) is 19.4 Å². The van der Waals surface area contributed by atoms with Crippen LogP contribution in [0, 0.1) is 0 Å². The van der Waals surface area contributed by atoms with E-state index >= 15 is 0 Å². The van der Waals surface area contributed by atoms with Crippen LogP contribution in [0.5, 0.6) is 0 Å². The van der Waals surface area contributed by atoms with E-state index in [1.54, 1.807) is 6.07 Å². The summed E-state index contributed by atoms with van der Waals surface area (Å²) in [6.45, 7) is 2.75. The number of nitrogens with one attached hydrogen (secondary N) is 1. The van der Waals surface area contributed by atoms with Crippen molar-refractivity contribution in [2.75, 3.05) is 11.9 Å². The van der Waals surface area contributed by atoms with Crippen molar-refractivity contribution >= 4 is 27.5 Å². The molecule has 0 aliphatic rings. The van der Waals surface area contributed by atoms with E-state index in [1.165, 1.54) is 0 Å². The maximum absolute atomic E-state index is 11.0. The fraction of sp³-hybridized carbons (Fsp3) is 0.364. The highest BCUT2D eigenvalue weighted by Gasteiger charge is 2.06. The van der Waals surface area contributed by atoms with Crippen LogP contribution < -0.4 is 16.8 Å². The summed E-state index contributed by atoms with van der Waals surface area (Å²) in [7, 11) is 0. The number of nitrogens with two attached hydrogens (primary N) is 2. The van der Waals surface area contributed by atoms with Gasteiger partial charge in [0, 0.05) is 22.7 Å². The Morgan fingerprint density at radius 1 is 1.56 bits per heavy atom. The smallest absolute Gasteiger partial charge is 0.249 e. The van der Waals surface area contributed by atoms with Crippen molar-refractivity contribution in [3.63, 3.8) is 0 Å². The van der Waals surface area contributed by atoms with Crippen LogP contribution >= 0.6 is 15.9 Å². The predicted octanol–water partition coefficient (Wildman–Crippen LogP) is 1.70. The summed E-state index contributed by atoms with van der Waals surface area (Å²) >= 11 is 3.30. The Morgan fingerprint density at radius 3 is 2.75 bits per heavy atom. The van der Waals surface area contributed by atoms with E-state index in [-0.39, 0.29) is 6.04 Å². The van der Waals surface area contributed by atoms with Gasteiger partial charge in [-0.15, -0.1) is 0 Å². The molecule has 1 atom stereocenters. The van der Waals surface area contributed by atoms with Gasteiger partial charge >= 0.3 is 0 Å². The minimum atomic E-state index is -0.441. The Balaban J connectivity index is 2.70. The zero-order chi connectivity index (χ0) is 12.1. The Morgan fingerprint density at radius 2 is 2.25 bits per heavy atom. The highest BCUT2D eigenvalue weighted by Crippen LogP contribution is 2.21. The van der Waals surface area contributed by atoms with Gasteiger partial charge in [0.2, 0.25) is 5.91 Å². The van der Waals surface area contributed by atoms with Crippen LogP contribution in [0.3, 0.4) is 0 Å². The van der Waals surface area contributed by atoms with Gasteiger partial charge in [-0.05, 0) is 40.5 Å². The molecule has 1 aromatic carbocycles. The summed E-state index contributed by atoms with van der Waals surface area (Å²) in [5.41, 5.74) is 12.4. The minimum absolute atomic E-state index is 0.134. The lowest BCUT2D eigenvalue weighted by molar-refractivity contribution is 0.0999. The summed E-state index contributed by atoms with van der Waals surface area (Å²) < 4.78 is 0.690. The molecule has 88 valence electrons. The van der Waals surface area contributed by atoms with Crippen molar-refractivity contribution < 1.29 is 4.79 Å². The molecule has 0 aliphatic heterocycles. The lowest BCUT2D eigenvalue weighted by atomic mass is 10.2. The van der Waals surface area contributed by atoms with Crippen molar-refractivity contribution in [3.05, 3.63) is 28.2 Å².